The first-order chi connectivity index (χ1) is 7.91. The second-order valence-corrected chi connectivity index (χ2v) is 10.2. The van der Waals surface area contributed by atoms with Gasteiger partial charge in [-0.3, -0.25) is 15.2 Å². The quantitative estimate of drug-likeness (QED) is 0.365. The van der Waals surface area contributed by atoms with Crippen LogP contribution in [0.2, 0.25) is 19.6 Å². The van der Waals surface area contributed by atoms with Gasteiger partial charge in [-0.05, 0) is 17.7 Å². The third kappa shape index (κ3) is 3.14. The first-order valence-corrected chi connectivity index (χ1v) is 9.41. The molecule has 0 atom stereocenters. The summed E-state index contributed by atoms with van der Waals surface area (Å²) < 4.78 is 0. The molecular weight excluding hydrogens is 230 g/mol. The van der Waals surface area contributed by atoms with E-state index in [9.17, 15) is 4.79 Å². The van der Waals surface area contributed by atoms with Crippen molar-refractivity contribution >= 4 is 19.2 Å². The van der Waals surface area contributed by atoms with Crippen molar-refractivity contribution in [2.24, 2.45) is 5.84 Å². The number of pyridine rings is 1. The van der Waals surface area contributed by atoms with Crippen molar-refractivity contribution < 1.29 is 4.79 Å². The number of nitrogen functional groups attached to an aromatic ring is 1. The molecule has 0 aromatic carbocycles. The SMILES string of the molecule is CCCc1nccc(C(=O)NN)c1[Si](C)(C)C. The number of amides is 1. The Hall–Kier alpha value is -1.20. The summed E-state index contributed by atoms with van der Waals surface area (Å²) in [5, 5.41) is 1.13. The van der Waals surface area contributed by atoms with E-state index in [1.54, 1.807) is 12.3 Å². The van der Waals surface area contributed by atoms with Gasteiger partial charge >= 0.3 is 0 Å². The number of hydrogen-bond acceptors (Lipinski definition) is 3. The van der Waals surface area contributed by atoms with E-state index < -0.39 is 8.07 Å². The molecule has 0 saturated heterocycles. The van der Waals surface area contributed by atoms with Crippen molar-refractivity contribution in [3.63, 3.8) is 0 Å². The van der Waals surface area contributed by atoms with Gasteiger partial charge in [0.25, 0.3) is 5.91 Å². The molecule has 1 aromatic heterocycles. The van der Waals surface area contributed by atoms with Crippen LogP contribution in [-0.2, 0) is 6.42 Å². The van der Waals surface area contributed by atoms with Gasteiger partial charge in [-0.15, -0.1) is 0 Å². The highest BCUT2D eigenvalue weighted by Gasteiger charge is 2.26. The molecule has 0 fully saturated rings. The summed E-state index contributed by atoms with van der Waals surface area (Å²) in [6.07, 6.45) is 3.63. The zero-order chi connectivity index (χ0) is 13.1. The zero-order valence-electron chi connectivity index (χ0n) is 11.0. The molecule has 1 heterocycles. The van der Waals surface area contributed by atoms with Gasteiger partial charge in [-0.2, -0.15) is 0 Å². The van der Waals surface area contributed by atoms with Crippen LogP contribution in [0.25, 0.3) is 0 Å². The molecule has 0 aliphatic carbocycles. The van der Waals surface area contributed by atoms with Crippen LogP contribution >= 0.6 is 0 Å². The number of carbonyl (C=O) groups excluding carboxylic acids is 1. The van der Waals surface area contributed by atoms with Crippen molar-refractivity contribution in [3.8, 4) is 0 Å². The third-order valence-electron chi connectivity index (χ3n) is 2.64. The van der Waals surface area contributed by atoms with Gasteiger partial charge in [-0.25, -0.2) is 5.84 Å². The molecular formula is C12H21N3OSi. The predicted molar refractivity (Wildman–Crippen MR) is 72.9 cm³/mol. The molecule has 0 saturated carbocycles. The fraction of sp³-hybridized carbons (Fsp3) is 0.500. The van der Waals surface area contributed by atoms with E-state index in [0.717, 1.165) is 23.7 Å². The summed E-state index contributed by atoms with van der Waals surface area (Å²) in [4.78, 5) is 16.2. The van der Waals surface area contributed by atoms with Crippen LogP contribution in [0.3, 0.4) is 0 Å². The van der Waals surface area contributed by atoms with Crippen molar-refractivity contribution in [2.75, 3.05) is 0 Å². The van der Waals surface area contributed by atoms with Crippen LogP contribution in [0.4, 0.5) is 0 Å². The Morgan fingerprint density at radius 2 is 2.12 bits per heavy atom. The highest BCUT2D eigenvalue weighted by Crippen LogP contribution is 2.11. The van der Waals surface area contributed by atoms with Crippen LogP contribution in [0.15, 0.2) is 12.3 Å². The number of nitrogens with zero attached hydrogens (tertiary/aromatic N) is 1. The normalized spacial score (nSPS) is 11.4. The van der Waals surface area contributed by atoms with E-state index in [4.69, 9.17) is 5.84 Å². The van der Waals surface area contributed by atoms with Crippen molar-refractivity contribution in [3.05, 3.63) is 23.5 Å². The van der Waals surface area contributed by atoms with E-state index >= 15 is 0 Å². The molecule has 3 N–H and O–H groups in total. The van der Waals surface area contributed by atoms with E-state index in [1.165, 1.54) is 0 Å². The lowest BCUT2D eigenvalue weighted by Gasteiger charge is -2.23. The Balaban J connectivity index is 3.40. The number of hydrogen-bond donors (Lipinski definition) is 2. The minimum absolute atomic E-state index is 0.220. The molecule has 94 valence electrons. The number of hydrazine groups is 1. The number of nitrogens with two attached hydrogens (primary N) is 1. The van der Waals surface area contributed by atoms with Crippen LogP contribution in [0.1, 0.15) is 29.4 Å². The van der Waals surface area contributed by atoms with Crippen molar-refractivity contribution in [2.45, 2.75) is 39.4 Å². The van der Waals surface area contributed by atoms with E-state index in [2.05, 4.69) is 37.0 Å². The molecule has 4 nitrogen and oxygen atoms in total. The van der Waals surface area contributed by atoms with Crippen LogP contribution in [0.5, 0.6) is 0 Å². The third-order valence-corrected chi connectivity index (χ3v) is 4.70. The second kappa shape index (κ2) is 5.42. The van der Waals surface area contributed by atoms with Gasteiger partial charge < -0.3 is 0 Å². The zero-order valence-corrected chi connectivity index (χ0v) is 12.0. The fourth-order valence-corrected chi connectivity index (χ4v) is 4.10. The van der Waals surface area contributed by atoms with Gasteiger partial charge in [-0.1, -0.05) is 33.0 Å². The summed E-state index contributed by atoms with van der Waals surface area (Å²) in [5.41, 5.74) is 3.95. The van der Waals surface area contributed by atoms with E-state index in [-0.39, 0.29) is 5.91 Å². The maximum absolute atomic E-state index is 11.8. The van der Waals surface area contributed by atoms with E-state index in [1.807, 2.05) is 0 Å². The Kier molecular flexibility index (Phi) is 4.42. The average Bonchev–Trinajstić information content (AvgIpc) is 2.26. The Labute approximate surface area is 104 Å². The number of aryl methyl sites for hydroxylation is 1. The molecule has 0 radical (unpaired) electrons. The lowest BCUT2D eigenvalue weighted by molar-refractivity contribution is 0.0954. The lowest BCUT2D eigenvalue weighted by Crippen LogP contribution is -2.47. The molecule has 0 aliphatic rings. The maximum atomic E-state index is 11.8. The Morgan fingerprint density at radius 3 is 2.59 bits per heavy atom. The van der Waals surface area contributed by atoms with Gasteiger partial charge in [0, 0.05) is 17.5 Å². The first-order valence-electron chi connectivity index (χ1n) is 5.91. The first kappa shape index (κ1) is 13.9. The summed E-state index contributed by atoms with van der Waals surface area (Å²) in [7, 11) is -1.62. The Morgan fingerprint density at radius 1 is 1.47 bits per heavy atom. The number of nitrogens with one attached hydrogen (secondary N) is 1. The van der Waals surface area contributed by atoms with Crippen molar-refractivity contribution in [1.29, 1.82) is 0 Å². The summed E-state index contributed by atoms with van der Waals surface area (Å²) >= 11 is 0. The standard InChI is InChI=1S/C12H21N3OSi/c1-5-6-10-11(17(2,3)4)9(7-8-14-10)12(16)15-13/h7-8H,5-6,13H2,1-4H3,(H,15,16). The van der Waals surface area contributed by atoms with Gasteiger partial charge in [0.15, 0.2) is 0 Å². The van der Waals surface area contributed by atoms with Crippen LogP contribution in [-0.4, -0.2) is 19.0 Å². The second-order valence-electron chi connectivity index (χ2n) is 5.15. The molecule has 1 aromatic rings. The average molecular weight is 251 g/mol. The highest BCUT2D eigenvalue weighted by atomic mass is 28.3. The maximum Gasteiger partial charge on any atom is 0.265 e. The minimum Gasteiger partial charge on any atom is -0.290 e. The molecule has 1 rings (SSSR count). The minimum atomic E-state index is -1.62. The molecule has 5 heteroatoms. The van der Waals surface area contributed by atoms with Crippen LogP contribution in [0, 0.1) is 0 Å². The van der Waals surface area contributed by atoms with Crippen molar-refractivity contribution in [1.82, 2.24) is 10.4 Å². The van der Waals surface area contributed by atoms with E-state index in [0.29, 0.717) is 5.56 Å². The molecule has 0 aliphatic heterocycles. The number of rotatable bonds is 4. The lowest BCUT2D eigenvalue weighted by atomic mass is 10.1. The highest BCUT2D eigenvalue weighted by molar-refractivity contribution is 6.89. The summed E-state index contributed by atoms with van der Waals surface area (Å²) in [6, 6.07) is 1.76. The van der Waals surface area contributed by atoms with Gasteiger partial charge in [0.2, 0.25) is 0 Å². The smallest absolute Gasteiger partial charge is 0.265 e. The monoisotopic (exact) mass is 251 g/mol. The molecule has 17 heavy (non-hydrogen) atoms. The Bertz CT molecular complexity index is 413. The molecule has 0 unspecified atom stereocenters. The summed E-state index contributed by atoms with van der Waals surface area (Å²) in [5.74, 6) is 5.02. The fourth-order valence-electron chi connectivity index (χ4n) is 2.04. The molecule has 1 amide bonds. The van der Waals surface area contributed by atoms with Crippen LogP contribution < -0.4 is 16.5 Å². The number of aromatic nitrogens is 1. The molecule has 0 bridgehead atoms. The van der Waals surface area contributed by atoms with Gasteiger partial charge in [0.1, 0.15) is 0 Å². The predicted octanol–water partition coefficient (Wildman–Crippen LogP) is 1.18. The molecule has 0 spiro atoms. The summed E-state index contributed by atoms with van der Waals surface area (Å²) in [6.45, 7) is 8.77. The topological polar surface area (TPSA) is 68.0 Å². The largest absolute Gasteiger partial charge is 0.290 e. The number of carbonyl (C=O) groups is 1. The van der Waals surface area contributed by atoms with Gasteiger partial charge in [0.05, 0.1) is 8.07 Å².